The number of nitrogens with one attached hydrogen (secondary N) is 1. The number of rotatable bonds is 1. The van der Waals surface area contributed by atoms with Gasteiger partial charge in [0.2, 0.25) is 0 Å². The lowest BCUT2D eigenvalue weighted by molar-refractivity contribution is 0.171. The van der Waals surface area contributed by atoms with Gasteiger partial charge in [-0.2, -0.15) is 5.26 Å². The average Bonchev–Trinajstić information content (AvgIpc) is 2.46. The molecule has 0 unspecified atom stereocenters. The van der Waals surface area contributed by atoms with E-state index in [-0.39, 0.29) is 11.1 Å². The molecule has 0 saturated heterocycles. The molecule has 1 aliphatic heterocycles. The number of ether oxygens (including phenoxy) is 2. The summed E-state index contributed by atoms with van der Waals surface area (Å²) in [4.78, 5) is 14.4. The lowest BCUT2D eigenvalue weighted by atomic mass is 10.0. The highest BCUT2D eigenvalue weighted by Gasteiger charge is 2.15. The molecule has 0 radical (unpaired) electrons. The van der Waals surface area contributed by atoms with Crippen molar-refractivity contribution < 1.29 is 9.47 Å². The molecule has 1 aromatic heterocycles. The van der Waals surface area contributed by atoms with E-state index in [0.717, 1.165) is 5.56 Å². The van der Waals surface area contributed by atoms with Crippen LogP contribution < -0.4 is 15.0 Å². The minimum Gasteiger partial charge on any atom is -0.486 e. The first-order chi connectivity index (χ1) is 9.69. The van der Waals surface area contributed by atoms with Crippen molar-refractivity contribution in [2.75, 3.05) is 13.2 Å². The first kappa shape index (κ1) is 12.3. The number of pyridine rings is 1. The summed E-state index contributed by atoms with van der Waals surface area (Å²) < 4.78 is 11.0. The smallest absolute Gasteiger partial charge is 0.266 e. The SMILES string of the molecule is Cc1cc(-c2ccc3c(c2)OCCO3)c(C#N)c(=O)[nH]1. The number of hydrogen-bond donors (Lipinski definition) is 1. The fraction of sp³-hybridized carbons (Fsp3) is 0.200. The van der Waals surface area contributed by atoms with Gasteiger partial charge in [0.15, 0.2) is 11.5 Å². The third-order valence-corrected chi connectivity index (χ3v) is 3.13. The Morgan fingerprint density at radius 3 is 2.70 bits per heavy atom. The Hall–Kier alpha value is -2.74. The first-order valence-corrected chi connectivity index (χ1v) is 6.23. The van der Waals surface area contributed by atoms with Crippen molar-refractivity contribution in [1.29, 1.82) is 5.26 Å². The molecule has 0 bridgehead atoms. The van der Waals surface area contributed by atoms with Gasteiger partial charge in [-0.3, -0.25) is 4.79 Å². The van der Waals surface area contributed by atoms with Crippen LogP contribution in [0.25, 0.3) is 11.1 Å². The van der Waals surface area contributed by atoms with Crippen LogP contribution in [0, 0.1) is 18.3 Å². The highest BCUT2D eigenvalue weighted by molar-refractivity contribution is 5.72. The van der Waals surface area contributed by atoms with E-state index >= 15 is 0 Å². The van der Waals surface area contributed by atoms with Gasteiger partial charge in [-0.05, 0) is 30.7 Å². The molecule has 2 heterocycles. The molecule has 2 aromatic rings. The highest BCUT2D eigenvalue weighted by atomic mass is 16.6. The van der Waals surface area contributed by atoms with Crippen molar-refractivity contribution in [1.82, 2.24) is 4.98 Å². The Bertz CT molecular complexity index is 772. The Labute approximate surface area is 115 Å². The summed E-state index contributed by atoms with van der Waals surface area (Å²) in [6.07, 6.45) is 0. The van der Waals surface area contributed by atoms with E-state index in [2.05, 4.69) is 4.98 Å². The van der Waals surface area contributed by atoms with Crippen molar-refractivity contribution in [3.8, 4) is 28.7 Å². The lowest BCUT2D eigenvalue weighted by Gasteiger charge is -2.19. The molecule has 1 aromatic carbocycles. The number of fused-ring (bicyclic) bond motifs is 1. The van der Waals surface area contributed by atoms with Gasteiger partial charge in [-0.15, -0.1) is 0 Å². The van der Waals surface area contributed by atoms with Gasteiger partial charge >= 0.3 is 0 Å². The summed E-state index contributed by atoms with van der Waals surface area (Å²) in [6, 6.07) is 9.15. The summed E-state index contributed by atoms with van der Waals surface area (Å²) >= 11 is 0. The van der Waals surface area contributed by atoms with Gasteiger partial charge in [0.25, 0.3) is 5.56 Å². The maximum absolute atomic E-state index is 11.8. The minimum atomic E-state index is -0.377. The maximum atomic E-state index is 11.8. The van der Waals surface area contributed by atoms with Crippen molar-refractivity contribution in [3.05, 3.63) is 45.9 Å². The predicted molar refractivity (Wildman–Crippen MR) is 72.9 cm³/mol. The van der Waals surface area contributed by atoms with Crippen molar-refractivity contribution in [2.24, 2.45) is 0 Å². The monoisotopic (exact) mass is 268 g/mol. The van der Waals surface area contributed by atoms with Crippen molar-refractivity contribution in [3.63, 3.8) is 0 Å². The van der Waals surface area contributed by atoms with Gasteiger partial charge in [0.05, 0.1) is 0 Å². The predicted octanol–water partition coefficient (Wildman–Crippen LogP) is 1.99. The van der Waals surface area contributed by atoms with Crippen LogP contribution in [0.4, 0.5) is 0 Å². The molecule has 1 N–H and O–H groups in total. The molecule has 5 heteroatoms. The number of nitrogens with zero attached hydrogens (tertiary/aromatic N) is 1. The molecule has 0 aliphatic carbocycles. The molecule has 0 fully saturated rings. The molecular formula is C15H12N2O3. The summed E-state index contributed by atoms with van der Waals surface area (Å²) in [6.45, 7) is 2.81. The summed E-state index contributed by atoms with van der Waals surface area (Å²) in [7, 11) is 0. The normalized spacial score (nSPS) is 12.8. The van der Waals surface area contributed by atoms with E-state index < -0.39 is 0 Å². The van der Waals surface area contributed by atoms with Crippen molar-refractivity contribution >= 4 is 0 Å². The van der Waals surface area contributed by atoms with Gasteiger partial charge in [-0.25, -0.2) is 0 Å². The van der Waals surface area contributed by atoms with E-state index in [0.29, 0.717) is 36.0 Å². The van der Waals surface area contributed by atoms with Crippen LogP contribution in [0.1, 0.15) is 11.3 Å². The van der Waals surface area contributed by atoms with E-state index in [1.807, 2.05) is 12.1 Å². The van der Waals surface area contributed by atoms with Crippen LogP contribution in [-0.2, 0) is 0 Å². The number of benzene rings is 1. The second-order valence-corrected chi connectivity index (χ2v) is 4.54. The Morgan fingerprint density at radius 1 is 1.20 bits per heavy atom. The van der Waals surface area contributed by atoms with Gasteiger partial charge in [0, 0.05) is 11.3 Å². The van der Waals surface area contributed by atoms with Crippen LogP contribution in [0.2, 0.25) is 0 Å². The average molecular weight is 268 g/mol. The largest absolute Gasteiger partial charge is 0.486 e. The molecule has 0 saturated carbocycles. The maximum Gasteiger partial charge on any atom is 0.266 e. The molecular weight excluding hydrogens is 256 g/mol. The van der Waals surface area contributed by atoms with E-state index in [1.54, 1.807) is 25.1 Å². The van der Waals surface area contributed by atoms with Crippen LogP contribution in [0.5, 0.6) is 11.5 Å². The minimum absolute atomic E-state index is 0.104. The van der Waals surface area contributed by atoms with Crippen LogP contribution in [0.3, 0.4) is 0 Å². The Kier molecular flexibility index (Phi) is 2.92. The summed E-state index contributed by atoms with van der Waals surface area (Å²) in [5.41, 5.74) is 1.80. The van der Waals surface area contributed by atoms with Crippen molar-refractivity contribution in [2.45, 2.75) is 6.92 Å². The molecule has 20 heavy (non-hydrogen) atoms. The number of aromatic amines is 1. The third-order valence-electron chi connectivity index (χ3n) is 3.13. The second kappa shape index (κ2) is 4.74. The second-order valence-electron chi connectivity index (χ2n) is 4.54. The zero-order valence-corrected chi connectivity index (χ0v) is 10.9. The molecule has 5 nitrogen and oxygen atoms in total. The lowest BCUT2D eigenvalue weighted by Crippen LogP contribution is -2.15. The Balaban J connectivity index is 2.19. The van der Waals surface area contributed by atoms with Crippen LogP contribution in [0.15, 0.2) is 29.1 Å². The van der Waals surface area contributed by atoms with E-state index in [1.165, 1.54) is 0 Å². The van der Waals surface area contributed by atoms with E-state index in [9.17, 15) is 4.79 Å². The quantitative estimate of drug-likeness (QED) is 0.858. The third kappa shape index (κ3) is 2.01. The fourth-order valence-electron chi connectivity index (χ4n) is 2.24. The zero-order valence-electron chi connectivity index (χ0n) is 10.9. The number of H-pyrrole nitrogens is 1. The molecule has 0 atom stereocenters. The summed E-state index contributed by atoms with van der Waals surface area (Å²) in [5.74, 6) is 1.32. The molecule has 1 aliphatic rings. The topological polar surface area (TPSA) is 75.1 Å². The fourth-order valence-corrected chi connectivity index (χ4v) is 2.24. The number of aromatic nitrogens is 1. The van der Waals surface area contributed by atoms with E-state index in [4.69, 9.17) is 14.7 Å². The molecule has 100 valence electrons. The standard InChI is InChI=1S/C15H12N2O3/c1-9-6-11(12(8-16)15(18)17-9)10-2-3-13-14(7-10)20-5-4-19-13/h2-3,6-7H,4-5H2,1H3,(H,17,18). The zero-order chi connectivity index (χ0) is 14.1. The highest BCUT2D eigenvalue weighted by Crippen LogP contribution is 2.35. The van der Waals surface area contributed by atoms with Crippen LogP contribution >= 0.6 is 0 Å². The molecule has 0 amide bonds. The van der Waals surface area contributed by atoms with Gasteiger partial charge < -0.3 is 14.5 Å². The number of hydrogen-bond acceptors (Lipinski definition) is 4. The summed E-state index contributed by atoms with van der Waals surface area (Å²) in [5, 5.41) is 9.16. The van der Waals surface area contributed by atoms with Gasteiger partial charge in [0.1, 0.15) is 24.8 Å². The number of aryl methyl sites for hydroxylation is 1. The molecule has 3 rings (SSSR count). The Morgan fingerprint density at radius 2 is 1.95 bits per heavy atom. The van der Waals surface area contributed by atoms with Crippen LogP contribution in [-0.4, -0.2) is 18.2 Å². The van der Waals surface area contributed by atoms with Gasteiger partial charge in [-0.1, -0.05) is 6.07 Å². The first-order valence-electron chi connectivity index (χ1n) is 6.23. The number of nitriles is 1. The molecule has 0 spiro atoms.